The largest absolute Gasteiger partial charge is 0.267 e. The van der Waals surface area contributed by atoms with Crippen LogP contribution in [0.3, 0.4) is 0 Å². The summed E-state index contributed by atoms with van der Waals surface area (Å²) in [5, 5.41) is 0.253. The third-order valence-corrected chi connectivity index (χ3v) is 3.95. The lowest BCUT2D eigenvalue weighted by molar-refractivity contribution is 0.600. The summed E-state index contributed by atoms with van der Waals surface area (Å²) >= 11 is 5.70. The first-order chi connectivity index (χ1) is 9.05. The maximum atomic E-state index is 11.9. The van der Waals surface area contributed by atoms with Gasteiger partial charge in [-0.25, -0.2) is 13.4 Å². The standard InChI is InChI=1S/C13H13ClN2O2S/c14-12-7-4-8-13(15-12)16-19(17,18)10-9-11-5-2-1-3-6-11/h1-8H,9-10H2,(H,15,16). The predicted molar refractivity (Wildman–Crippen MR) is 76.8 cm³/mol. The van der Waals surface area contributed by atoms with E-state index in [1.807, 2.05) is 30.3 Å². The van der Waals surface area contributed by atoms with Crippen LogP contribution in [0.4, 0.5) is 5.82 Å². The Morgan fingerprint density at radius 3 is 2.47 bits per heavy atom. The second-order valence-corrected chi connectivity index (χ2v) is 6.23. The summed E-state index contributed by atoms with van der Waals surface area (Å²) in [6.07, 6.45) is 0.455. The van der Waals surface area contributed by atoms with E-state index >= 15 is 0 Å². The van der Waals surface area contributed by atoms with Crippen LogP contribution in [-0.2, 0) is 16.4 Å². The van der Waals surface area contributed by atoms with Crippen LogP contribution in [0.2, 0.25) is 5.15 Å². The van der Waals surface area contributed by atoms with Gasteiger partial charge in [-0.15, -0.1) is 0 Å². The molecule has 19 heavy (non-hydrogen) atoms. The number of aryl methyl sites for hydroxylation is 1. The zero-order chi connectivity index (χ0) is 13.7. The minimum atomic E-state index is -3.42. The number of rotatable bonds is 5. The molecular weight excluding hydrogens is 284 g/mol. The van der Waals surface area contributed by atoms with Gasteiger partial charge in [0.1, 0.15) is 11.0 Å². The lowest BCUT2D eigenvalue weighted by Gasteiger charge is -2.07. The van der Waals surface area contributed by atoms with Gasteiger partial charge in [0.25, 0.3) is 0 Å². The number of halogens is 1. The first-order valence-electron chi connectivity index (χ1n) is 5.72. The molecule has 0 saturated carbocycles. The zero-order valence-electron chi connectivity index (χ0n) is 10.1. The van der Waals surface area contributed by atoms with Crippen molar-refractivity contribution in [3.63, 3.8) is 0 Å². The molecule has 1 aromatic heterocycles. The van der Waals surface area contributed by atoms with Gasteiger partial charge in [-0.1, -0.05) is 48.0 Å². The van der Waals surface area contributed by atoms with Crippen molar-refractivity contribution < 1.29 is 8.42 Å². The van der Waals surface area contributed by atoms with E-state index in [1.54, 1.807) is 18.2 Å². The summed E-state index contributed by atoms with van der Waals surface area (Å²) in [5.41, 5.74) is 0.979. The van der Waals surface area contributed by atoms with Gasteiger partial charge in [-0.2, -0.15) is 0 Å². The van der Waals surface area contributed by atoms with Crippen molar-refractivity contribution in [1.29, 1.82) is 0 Å². The van der Waals surface area contributed by atoms with Crippen LogP contribution < -0.4 is 4.72 Å². The van der Waals surface area contributed by atoms with E-state index in [1.165, 1.54) is 0 Å². The van der Waals surface area contributed by atoms with Crippen LogP contribution in [0.15, 0.2) is 48.5 Å². The molecule has 1 N–H and O–H groups in total. The van der Waals surface area contributed by atoms with Gasteiger partial charge >= 0.3 is 0 Å². The van der Waals surface area contributed by atoms with Crippen LogP contribution in [0.5, 0.6) is 0 Å². The number of sulfonamides is 1. The molecule has 0 aliphatic carbocycles. The summed E-state index contributed by atoms with van der Waals surface area (Å²) in [7, 11) is -3.42. The minimum absolute atomic E-state index is 0.00517. The molecule has 0 saturated heterocycles. The summed E-state index contributed by atoms with van der Waals surface area (Å²) in [6, 6.07) is 14.2. The lowest BCUT2D eigenvalue weighted by atomic mass is 10.2. The first-order valence-corrected chi connectivity index (χ1v) is 7.75. The molecule has 0 spiro atoms. The Kier molecular flexibility index (Phi) is 4.39. The summed E-state index contributed by atoms with van der Waals surface area (Å²) in [6.45, 7) is 0. The monoisotopic (exact) mass is 296 g/mol. The van der Waals surface area contributed by atoms with Crippen LogP contribution in [0.1, 0.15) is 5.56 Å². The molecule has 0 atom stereocenters. The topological polar surface area (TPSA) is 59.1 Å². The third-order valence-electron chi connectivity index (χ3n) is 2.48. The predicted octanol–water partition coefficient (Wildman–Crippen LogP) is 2.72. The maximum absolute atomic E-state index is 11.9. The molecule has 100 valence electrons. The molecule has 2 aromatic rings. The van der Waals surface area contributed by atoms with Gasteiger partial charge in [-0.05, 0) is 24.1 Å². The number of pyridine rings is 1. The average Bonchev–Trinajstić information content (AvgIpc) is 2.37. The summed E-state index contributed by atoms with van der Waals surface area (Å²) in [4.78, 5) is 3.89. The molecule has 1 heterocycles. The van der Waals surface area contributed by atoms with Crippen molar-refractivity contribution in [2.45, 2.75) is 6.42 Å². The van der Waals surface area contributed by atoms with Crippen LogP contribution in [0.25, 0.3) is 0 Å². The van der Waals surface area contributed by atoms with Gasteiger partial charge in [0.15, 0.2) is 0 Å². The number of hydrogen-bond donors (Lipinski definition) is 1. The number of anilines is 1. The van der Waals surface area contributed by atoms with E-state index in [0.29, 0.717) is 6.42 Å². The highest BCUT2D eigenvalue weighted by Crippen LogP contribution is 2.11. The average molecular weight is 297 g/mol. The van der Waals surface area contributed by atoms with Gasteiger partial charge < -0.3 is 0 Å². The van der Waals surface area contributed by atoms with Crippen LogP contribution in [-0.4, -0.2) is 19.2 Å². The Bertz CT molecular complexity index is 645. The smallest absolute Gasteiger partial charge is 0.234 e. The van der Waals surface area contributed by atoms with Crippen molar-refractivity contribution in [3.05, 3.63) is 59.2 Å². The Balaban J connectivity index is 1.99. The van der Waals surface area contributed by atoms with E-state index in [0.717, 1.165) is 5.56 Å². The Labute approximate surface area is 117 Å². The Hall–Kier alpha value is -1.59. The van der Waals surface area contributed by atoms with Gasteiger partial charge in [0.2, 0.25) is 10.0 Å². The van der Waals surface area contributed by atoms with Gasteiger partial charge in [-0.3, -0.25) is 4.72 Å². The number of nitrogens with zero attached hydrogens (tertiary/aromatic N) is 1. The van der Waals surface area contributed by atoms with Crippen molar-refractivity contribution in [1.82, 2.24) is 4.98 Å². The fraction of sp³-hybridized carbons (Fsp3) is 0.154. The molecule has 6 heteroatoms. The van der Waals surface area contributed by atoms with E-state index in [4.69, 9.17) is 11.6 Å². The molecule has 0 aliphatic rings. The van der Waals surface area contributed by atoms with Crippen molar-refractivity contribution in [2.75, 3.05) is 10.5 Å². The van der Waals surface area contributed by atoms with E-state index in [9.17, 15) is 8.42 Å². The molecule has 0 radical (unpaired) electrons. The highest BCUT2D eigenvalue weighted by molar-refractivity contribution is 7.92. The van der Waals surface area contributed by atoms with Crippen LogP contribution in [0, 0.1) is 0 Å². The van der Waals surface area contributed by atoms with Crippen LogP contribution >= 0.6 is 11.6 Å². The minimum Gasteiger partial charge on any atom is -0.267 e. The van der Waals surface area contributed by atoms with Crippen molar-refractivity contribution >= 4 is 27.4 Å². The van der Waals surface area contributed by atoms with Crippen molar-refractivity contribution in [2.24, 2.45) is 0 Å². The SMILES string of the molecule is O=S(=O)(CCc1ccccc1)Nc1cccc(Cl)n1. The molecule has 1 aromatic carbocycles. The molecule has 4 nitrogen and oxygen atoms in total. The highest BCUT2D eigenvalue weighted by Gasteiger charge is 2.11. The zero-order valence-corrected chi connectivity index (χ0v) is 11.7. The highest BCUT2D eigenvalue weighted by atomic mass is 35.5. The summed E-state index contributed by atoms with van der Waals surface area (Å²) < 4.78 is 26.2. The van der Waals surface area contributed by atoms with Gasteiger partial charge in [0.05, 0.1) is 5.75 Å². The first kappa shape index (κ1) is 13.8. The van der Waals surface area contributed by atoms with E-state index in [-0.39, 0.29) is 16.7 Å². The summed E-state index contributed by atoms with van der Waals surface area (Å²) in [5.74, 6) is 0.242. The number of hydrogen-bond acceptors (Lipinski definition) is 3. The number of benzene rings is 1. The molecule has 0 bridgehead atoms. The quantitative estimate of drug-likeness (QED) is 0.863. The lowest BCUT2D eigenvalue weighted by Crippen LogP contribution is -2.18. The molecule has 0 aliphatic heterocycles. The van der Waals surface area contributed by atoms with Gasteiger partial charge in [0, 0.05) is 0 Å². The van der Waals surface area contributed by atoms with E-state index < -0.39 is 10.0 Å². The molecule has 0 amide bonds. The Morgan fingerprint density at radius 2 is 1.79 bits per heavy atom. The Morgan fingerprint density at radius 1 is 1.05 bits per heavy atom. The maximum Gasteiger partial charge on any atom is 0.234 e. The molecule has 0 unspecified atom stereocenters. The van der Waals surface area contributed by atoms with E-state index in [2.05, 4.69) is 9.71 Å². The second kappa shape index (κ2) is 6.04. The molecule has 0 fully saturated rings. The number of aromatic nitrogens is 1. The second-order valence-electron chi connectivity index (χ2n) is 4.00. The fourth-order valence-corrected chi connectivity index (χ4v) is 2.77. The number of nitrogens with one attached hydrogen (secondary N) is 1. The fourth-order valence-electron chi connectivity index (χ4n) is 1.57. The molecular formula is C13H13ClN2O2S. The third kappa shape index (κ3) is 4.54. The van der Waals surface area contributed by atoms with Crippen molar-refractivity contribution in [3.8, 4) is 0 Å². The normalized spacial score (nSPS) is 11.2. The molecule has 2 rings (SSSR count).